The second-order valence-electron chi connectivity index (χ2n) is 7.11. The fraction of sp³-hybridized carbons (Fsp3) is 0.286. The maximum Gasteiger partial charge on any atom is 0.278 e. The molecule has 4 rings (SSSR count). The van der Waals surface area contributed by atoms with Crippen molar-refractivity contribution in [2.75, 3.05) is 17.2 Å². The van der Waals surface area contributed by atoms with E-state index in [4.69, 9.17) is 4.84 Å². The first-order valence-electron chi connectivity index (χ1n) is 9.79. The Morgan fingerprint density at radius 2 is 2.07 bits per heavy atom. The summed E-state index contributed by atoms with van der Waals surface area (Å²) in [6, 6.07) is 8.53. The molecule has 0 atom stereocenters. The molecule has 8 nitrogen and oxygen atoms in total. The van der Waals surface area contributed by atoms with Crippen LogP contribution in [0.3, 0.4) is 0 Å². The number of aryl methyl sites for hydroxylation is 1. The van der Waals surface area contributed by atoms with Gasteiger partial charge in [-0.1, -0.05) is 6.07 Å². The largest absolute Gasteiger partial charge is 0.355 e. The molecule has 0 aliphatic heterocycles. The smallest absolute Gasteiger partial charge is 0.278 e. The third-order valence-corrected chi connectivity index (χ3v) is 4.72. The molecule has 2 heterocycles. The number of aromatic nitrogens is 3. The molecule has 3 aromatic rings. The first-order valence-corrected chi connectivity index (χ1v) is 9.79. The Hall–Kier alpha value is -3.46. The molecule has 3 N–H and O–H groups in total. The lowest BCUT2D eigenvalue weighted by Gasteiger charge is -2.14. The monoisotopic (exact) mass is 410 g/mol. The van der Waals surface area contributed by atoms with Gasteiger partial charge in [0.15, 0.2) is 5.82 Å². The number of benzene rings is 1. The quantitative estimate of drug-likeness (QED) is 0.486. The number of hydroxylamine groups is 1. The molecule has 156 valence electrons. The lowest BCUT2D eigenvalue weighted by Crippen LogP contribution is -2.24. The molecule has 1 fully saturated rings. The lowest BCUT2D eigenvalue weighted by molar-refractivity contribution is 0.0365. The molecule has 1 amide bonds. The Bertz CT molecular complexity index is 1060. The summed E-state index contributed by atoms with van der Waals surface area (Å²) in [4.78, 5) is 21.8. The van der Waals surface area contributed by atoms with Crippen molar-refractivity contribution in [3.63, 3.8) is 0 Å². The highest BCUT2D eigenvalue weighted by Crippen LogP contribution is 2.41. The minimum Gasteiger partial charge on any atom is -0.355 e. The minimum absolute atomic E-state index is 0.247. The topological polar surface area (TPSA) is 93.1 Å². The zero-order valence-corrected chi connectivity index (χ0v) is 16.8. The summed E-state index contributed by atoms with van der Waals surface area (Å²) in [6.45, 7) is 2.09. The Morgan fingerprint density at radius 3 is 2.73 bits per heavy atom. The van der Waals surface area contributed by atoms with Gasteiger partial charge in [0.25, 0.3) is 5.91 Å². The van der Waals surface area contributed by atoms with Crippen molar-refractivity contribution in [3.05, 3.63) is 59.7 Å². The number of nitrogens with zero attached hydrogens (tertiary/aromatic N) is 3. The highest BCUT2D eigenvalue weighted by atomic mass is 19.1. The zero-order valence-electron chi connectivity index (χ0n) is 16.8. The number of halogens is 1. The van der Waals surface area contributed by atoms with E-state index in [1.807, 2.05) is 13.1 Å². The molecule has 0 saturated heterocycles. The average molecular weight is 410 g/mol. The molecule has 9 heteroatoms. The molecule has 1 aromatic carbocycles. The van der Waals surface area contributed by atoms with Crippen molar-refractivity contribution in [3.8, 4) is 0 Å². The first-order chi connectivity index (χ1) is 14.5. The molecule has 2 aromatic heterocycles. The highest BCUT2D eigenvalue weighted by molar-refractivity contribution is 6.00. The SMILES string of the molecule is CCONC(=O)c1cnc(Nc2ccn(C)n2)cc1Nc1ccc(C2CC2)c(F)c1. The van der Waals surface area contributed by atoms with Crippen molar-refractivity contribution < 1.29 is 14.0 Å². The van der Waals surface area contributed by atoms with Crippen molar-refractivity contribution in [1.82, 2.24) is 20.2 Å². The summed E-state index contributed by atoms with van der Waals surface area (Å²) in [5.74, 6) is 0.721. The average Bonchev–Trinajstić information content (AvgIpc) is 3.48. The van der Waals surface area contributed by atoms with Crippen LogP contribution in [0.1, 0.15) is 41.6 Å². The van der Waals surface area contributed by atoms with Crippen molar-refractivity contribution in [2.24, 2.45) is 7.05 Å². The van der Waals surface area contributed by atoms with Crippen molar-refractivity contribution >= 4 is 28.9 Å². The van der Waals surface area contributed by atoms with Gasteiger partial charge in [0.1, 0.15) is 11.6 Å². The van der Waals surface area contributed by atoms with Crippen LogP contribution in [0.4, 0.5) is 27.4 Å². The maximum atomic E-state index is 14.5. The van der Waals surface area contributed by atoms with E-state index in [0.717, 1.165) is 18.4 Å². The predicted octanol–water partition coefficient (Wildman–Crippen LogP) is 4.00. The summed E-state index contributed by atoms with van der Waals surface area (Å²) >= 11 is 0. The van der Waals surface area contributed by atoms with Gasteiger partial charge in [-0.15, -0.1) is 0 Å². The Labute approximate surface area is 173 Å². The number of pyridine rings is 1. The van der Waals surface area contributed by atoms with E-state index in [1.165, 1.54) is 12.3 Å². The highest BCUT2D eigenvalue weighted by Gasteiger charge is 2.26. The molecular weight excluding hydrogens is 387 g/mol. The molecule has 0 spiro atoms. The van der Waals surface area contributed by atoms with Gasteiger partial charge < -0.3 is 10.6 Å². The van der Waals surface area contributed by atoms with E-state index in [0.29, 0.717) is 35.5 Å². The van der Waals surface area contributed by atoms with E-state index >= 15 is 0 Å². The van der Waals surface area contributed by atoms with Crippen LogP contribution >= 0.6 is 0 Å². The molecule has 0 radical (unpaired) electrons. The third-order valence-electron chi connectivity index (χ3n) is 4.72. The van der Waals surface area contributed by atoms with Crippen LogP contribution in [0.2, 0.25) is 0 Å². The van der Waals surface area contributed by atoms with Crippen LogP contribution in [0, 0.1) is 5.82 Å². The minimum atomic E-state index is -0.452. The van der Waals surface area contributed by atoms with Crippen LogP contribution in [0.5, 0.6) is 0 Å². The number of carbonyl (C=O) groups is 1. The maximum absolute atomic E-state index is 14.5. The van der Waals surface area contributed by atoms with E-state index in [2.05, 4.69) is 26.2 Å². The second-order valence-corrected chi connectivity index (χ2v) is 7.11. The van der Waals surface area contributed by atoms with Gasteiger partial charge in [0.2, 0.25) is 0 Å². The summed E-state index contributed by atoms with van der Waals surface area (Å²) in [7, 11) is 1.81. The molecule has 1 aliphatic carbocycles. The molecule has 1 aliphatic rings. The predicted molar refractivity (Wildman–Crippen MR) is 111 cm³/mol. The van der Waals surface area contributed by atoms with Gasteiger partial charge in [-0.3, -0.25) is 14.3 Å². The Kier molecular flexibility index (Phi) is 5.62. The number of hydrogen-bond donors (Lipinski definition) is 3. The zero-order chi connectivity index (χ0) is 21.1. The van der Waals surface area contributed by atoms with Crippen LogP contribution < -0.4 is 16.1 Å². The fourth-order valence-electron chi connectivity index (χ4n) is 3.10. The van der Waals surface area contributed by atoms with E-state index in [9.17, 15) is 9.18 Å². The molecular formula is C21H23FN6O2. The third kappa shape index (κ3) is 4.57. The summed E-state index contributed by atoms with van der Waals surface area (Å²) in [5.41, 5.74) is 4.36. The van der Waals surface area contributed by atoms with Crippen LogP contribution in [0.25, 0.3) is 0 Å². The van der Waals surface area contributed by atoms with Gasteiger partial charge in [-0.05, 0) is 43.4 Å². The normalized spacial score (nSPS) is 13.2. The van der Waals surface area contributed by atoms with Crippen molar-refractivity contribution in [2.45, 2.75) is 25.7 Å². The number of hydrogen-bond acceptors (Lipinski definition) is 6. The van der Waals surface area contributed by atoms with Crippen LogP contribution in [-0.2, 0) is 11.9 Å². The Balaban J connectivity index is 1.62. The van der Waals surface area contributed by atoms with E-state index in [1.54, 1.807) is 36.0 Å². The van der Waals surface area contributed by atoms with Crippen molar-refractivity contribution in [1.29, 1.82) is 0 Å². The summed E-state index contributed by atoms with van der Waals surface area (Å²) in [6.07, 6.45) is 5.28. The fourth-order valence-corrected chi connectivity index (χ4v) is 3.10. The number of carbonyl (C=O) groups excluding carboxylic acids is 1. The number of rotatable bonds is 8. The van der Waals surface area contributed by atoms with Crippen LogP contribution in [0.15, 0.2) is 42.7 Å². The van der Waals surface area contributed by atoms with Gasteiger partial charge >= 0.3 is 0 Å². The molecule has 30 heavy (non-hydrogen) atoms. The van der Waals surface area contributed by atoms with E-state index < -0.39 is 5.91 Å². The molecule has 1 saturated carbocycles. The lowest BCUT2D eigenvalue weighted by atomic mass is 10.1. The van der Waals surface area contributed by atoms with Crippen LogP contribution in [-0.4, -0.2) is 27.3 Å². The van der Waals surface area contributed by atoms with Gasteiger partial charge in [0.05, 0.1) is 17.9 Å². The summed E-state index contributed by atoms with van der Waals surface area (Å²) < 4.78 is 16.1. The Morgan fingerprint density at radius 1 is 1.23 bits per heavy atom. The number of nitrogens with one attached hydrogen (secondary N) is 3. The van der Waals surface area contributed by atoms with Gasteiger partial charge in [-0.2, -0.15) is 5.10 Å². The second kappa shape index (κ2) is 8.50. The first kappa shape index (κ1) is 19.8. The van der Waals surface area contributed by atoms with E-state index in [-0.39, 0.29) is 11.4 Å². The summed E-state index contributed by atoms with van der Waals surface area (Å²) in [5, 5.41) is 10.5. The molecule has 0 unspecified atom stereocenters. The number of anilines is 4. The van der Waals surface area contributed by atoms with Gasteiger partial charge in [-0.25, -0.2) is 14.9 Å². The standard InChI is InChI=1S/C21H23FN6O2/c1-3-30-27-21(29)16-12-23-20(25-19-8-9-28(2)26-19)11-18(16)24-14-6-7-15(13-4-5-13)17(22)10-14/h6-13H,3-5H2,1-2H3,(H,27,29)(H2,23,24,25,26). The van der Waals surface area contributed by atoms with Gasteiger partial charge in [0, 0.05) is 37.3 Å². The number of amides is 1. The molecule has 0 bridgehead atoms.